The third-order valence-corrected chi connectivity index (χ3v) is 4.02. The zero-order chi connectivity index (χ0) is 14.0. The topological polar surface area (TPSA) is 32.3 Å². The summed E-state index contributed by atoms with van der Waals surface area (Å²) in [5.41, 5.74) is -1.04. The molecule has 0 aliphatic carbocycles. The summed E-state index contributed by atoms with van der Waals surface area (Å²) < 4.78 is 38.4. The molecule has 104 valence electrons. The van der Waals surface area contributed by atoms with E-state index in [-0.39, 0.29) is 11.1 Å². The van der Waals surface area contributed by atoms with Gasteiger partial charge >= 0.3 is 12.2 Å². The molecule has 1 N–H and O–H groups in total. The molecule has 0 radical (unpaired) electrons. The predicted molar refractivity (Wildman–Crippen MR) is 69.1 cm³/mol. The molecule has 3 nitrogen and oxygen atoms in total. The summed E-state index contributed by atoms with van der Waals surface area (Å²) >= 11 is 1.60. The molecule has 19 heavy (non-hydrogen) atoms. The Morgan fingerprint density at radius 1 is 1.42 bits per heavy atom. The van der Waals surface area contributed by atoms with Crippen molar-refractivity contribution < 1.29 is 18.0 Å². The molecule has 1 saturated heterocycles. The van der Waals surface area contributed by atoms with Crippen LogP contribution in [-0.4, -0.2) is 28.6 Å². The van der Waals surface area contributed by atoms with Crippen LogP contribution in [0, 0.1) is 0 Å². The van der Waals surface area contributed by atoms with Gasteiger partial charge in [0.2, 0.25) is 0 Å². The Morgan fingerprint density at radius 3 is 2.68 bits per heavy atom. The van der Waals surface area contributed by atoms with E-state index in [4.69, 9.17) is 0 Å². The van der Waals surface area contributed by atoms with E-state index >= 15 is 0 Å². The fourth-order valence-electron chi connectivity index (χ4n) is 1.89. The van der Waals surface area contributed by atoms with Crippen LogP contribution in [0.15, 0.2) is 24.3 Å². The minimum absolute atomic E-state index is 0.0157. The van der Waals surface area contributed by atoms with Crippen molar-refractivity contribution in [3.05, 3.63) is 29.8 Å². The van der Waals surface area contributed by atoms with Crippen molar-refractivity contribution in [3.8, 4) is 0 Å². The number of anilines is 1. The van der Waals surface area contributed by atoms with Crippen molar-refractivity contribution in [2.24, 2.45) is 0 Å². The van der Waals surface area contributed by atoms with Crippen molar-refractivity contribution >= 4 is 23.5 Å². The summed E-state index contributed by atoms with van der Waals surface area (Å²) in [5.74, 6) is 0.801. The van der Waals surface area contributed by atoms with Crippen LogP contribution in [0.2, 0.25) is 0 Å². The van der Waals surface area contributed by atoms with Crippen molar-refractivity contribution in [2.75, 3.05) is 17.6 Å². The van der Waals surface area contributed by atoms with Crippen LogP contribution in [-0.2, 0) is 6.18 Å². The fraction of sp³-hybridized carbons (Fsp3) is 0.417. The van der Waals surface area contributed by atoms with Crippen LogP contribution >= 0.6 is 11.8 Å². The summed E-state index contributed by atoms with van der Waals surface area (Å²) in [7, 11) is 0. The van der Waals surface area contributed by atoms with E-state index in [0.29, 0.717) is 6.54 Å². The van der Waals surface area contributed by atoms with E-state index in [9.17, 15) is 18.0 Å². The highest BCUT2D eigenvalue weighted by Crippen LogP contribution is 2.35. The van der Waals surface area contributed by atoms with Gasteiger partial charge in [-0.2, -0.15) is 13.2 Å². The predicted octanol–water partition coefficient (Wildman–Crippen LogP) is 3.63. The number of thioether (sulfide) groups is 1. The van der Waals surface area contributed by atoms with Crippen LogP contribution in [0.4, 0.5) is 23.7 Å². The number of benzene rings is 1. The maximum absolute atomic E-state index is 12.8. The number of nitrogens with zero attached hydrogens (tertiary/aromatic N) is 1. The summed E-state index contributed by atoms with van der Waals surface area (Å²) in [6.45, 7) is 2.40. The van der Waals surface area contributed by atoms with Gasteiger partial charge in [-0.05, 0) is 19.1 Å². The third kappa shape index (κ3) is 3.15. The van der Waals surface area contributed by atoms with Gasteiger partial charge in [-0.25, -0.2) is 4.79 Å². The smallest absolute Gasteiger partial charge is 0.312 e. The summed E-state index contributed by atoms with van der Waals surface area (Å²) in [6, 6.07) is 4.49. The molecule has 1 atom stereocenters. The van der Waals surface area contributed by atoms with E-state index < -0.39 is 17.8 Å². The molecular weight excluding hydrogens is 277 g/mol. The maximum atomic E-state index is 12.8. The molecule has 0 spiro atoms. The van der Waals surface area contributed by atoms with Gasteiger partial charge < -0.3 is 10.2 Å². The van der Waals surface area contributed by atoms with Gasteiger partial charge in [0.1, 0.15) is 0 Å². The monoisotopic (exact) mass is 290 g/mol. The van der Waals surface area contributed by atoms with Gasteiger partial charge in [-0.1, -0.05) is 12.1 Å². The molecule has 7 heteroatoms. The number of nitrogens with one attached hydrogen (secondary N) is 1. The van der Waals surface area contributed by atoms with Gasteiger partial charge in [-0.3, -0.25) is 0 Å². The van der Waals surface area contributed by atoms with Crippen LogP contribution in [0.3, 0.4) is 0 Å². The van der Waals surface area contributed by atoms with Gasteiger partial charge in [0.05, 0.1) is 16.6 Å². The lowest BCUT2D eigenvalue weighted by molar-refractivity contribution is -0.136. The molecule has 0 aromatic heterocycles. The number of amides is 2. The second-order valence-corrected chi connectivity index (χ2v) is 5.56. The van der Waals surface area contributed by atoms with Crippen molar-refractivity contribution in [2.45, 2.75) is 18.5 Å². The van der Waals surface area contributed by atoms with Crippen molar-refractivity contribution in [3.63, 3.8) is 0 Å². The fourth-order valence-corrected chi connectivity index (χ4v) is 2.91. The summed E-state index contributed by atoms with van der Waals surface area (Å²) in [5, 5.41) is 2.33. The highest BCUT2D eigenvalue weighted by atomic mass is 32.2. The van der Waals surface area contributed by atoms with E-state index in [1.807, 2.05) is 6.92 Å². The van der Waals surface area contributed by atoms with E-state index in [1.165, 1.54) is 23.1 Å². The van der Waals surface area contributed by atoms with Gasteiger partial charge in [0.25, 0.3) is 0 Å². The lowest BCUT2D eigenvalue weighted by Gasteiger charge is -2.22. The molecular formula is C12H13F3N2OS. The molecule has 1 aromatic rings. The molecule has 0 saturated carbocycles. The van der Waals surface area contributed by atoms with Crippen LogP contribution < -0.4 is 5.32 Å². The SMILES string of the molecule is CC1SCCN1C(=O)Nc1ccccc1C(F)(F)F. The number of hydrogen-bond donors (Lipinski definition) is 1. The quantitative estimate of drug-likeness (QED) is 0.856. The Bertz CT molecular complexity index is 478. The molecule has 2 rings (SSSR count). The second-order valence-electron chi connectivity index (χ2n) is 4.14. The number of alkyl halides is 3. The average molecular weight is 290 g/mol. The molecule has 1 fully saturated rings. The van der Waals surface area contributed by atoms with Gasteiger partial charge in [-0.15, -0.1) is 11.8 Å². The molecule has 1 aliphatic heterocycles. The standard InChI is InChI=1S/C12H13F3N2OS/c1-8-17(6-7-19-8)11(18)16-10-5-3-2-4-9(10)12(13,14)15/h2-5,8H,6-7H2,1H3,(H,16,18). The molecule has 1 aliphatic rings. The molecule has 1 heterocycles. The number of carbonyl (C=O) groups excluding carboxylic acids is 1. The number of urea groups is 1. The van der Waals surface area contributed by atoms with Crippen LogP contribution in [0.25, 0.3) is 0 Å². The third-order valence-electron chi connectivity index (χ3n) is 2.87. The van der Waals surface area contributed by atoms with Gasteiger partial charge in [0.15, 0.2) is 0 Å². The first kappa shape index (κ1) is 14.0. The second kappa shape index (κ2) is 5.32. The lowest BCUT2D eigenvalue weighted by atomic mass is 10.1. The largest absolute Gasteiger partial charge is 0.418 e. The maximum Gasteiger partial charge on any atom is 0.418 e. The number of para-hydroxylation sites is 1. The first-order chi connectivity index (χ1) is 8.89. The first-order valence-electron chi connectivity index (χ1n) is 5.75. The van der Waals surface area contributed by atoms with E-state index in [0.717, 1.165) is 11.8 Å². The van der Waals surface area contributed by atoms with Crippen LogP contribution in [0.1, 0.15) is 12.5 Å². The van der Waals surface area contributed by atoms with Crippen molar-refractivity contribution in [1.29, 1.82) is 0 Å². The zero-order valence-corrected chi connectivity index (χ0v) is 11.0. The molecule has 1 unspecified atom stereocenters. The lowest BCUT2D eigenvalue weighted by Crippen LogP contribution is -2.37. The summed E-state index contributed by atoms with van der Waals surface area (Å²) in [4.78, 5) is 13.5. The van der Waals surface area contributed by atoms with Gasteiger partial charge in [0, 0.05) is 12.3 Å². The normalized spacial score (nSPS) is 19.6. The Morgan fingerprint density at radius 2 is 2.11 bits per heavy atom. The first-order valence-corrected chi connectivity index (χ1v) is 6.80. The Kier molecular flexibility index (Phi) is 3.93. The highest BCUT2D eigenvalue weighted by molar-refractivity contribution is 8.00. The zero-order valence-electron chi connectivity index (χ0n) is 10.2. The number of halogens is 3. The Labute approximate surface area is 113 Å². The minimum atomic E-state index is -4.48. The molecule has 0 bridgehead atoms. The Balaban J connectivity index is 2.17. The average Bonchev–Trinajstić information content (AvgIpc) is 2.75. The molecule has 1 aromatic carbocycles. The number of rotatable bonds is 1. The summed E-state index contributed by atoms with van der Waals surface area (Å²) in [6.07, 6.45) is -4.48. The number of hydrogen-bond acceptors (Lipinski definition) is 2. The van der Waals surface area contributed by atoms with E-state index in [1.54, 1.807) is 11.8 Å². The minimum Gasteiger partial charge on any atom is -0.312 e. The number of carbonyl (C=O) groups is 1. The molecule has 2 amide bonds. The van der Waals surface area contributed by atoms with E-state index in [2.05, 4.69) is 5.32 Å². The highest BCUT2D eigenvalue weighted by Gasteiger charge is 2.34. The van der Waals surface area contributed by atoms with Crippen LogP contribution in [0.5, 0.6) is 0 Å². The Hall–Kier alpha value is -1.37. The van der Waals surface area contributed by atoms with Crippen molar-refractivity contribution in [1.82, 2.24) is 4.90 Å².